The summed E-state index contributed by atoms with van der Waals surface area (Å²) in [5.41, 5.74) is 1.15. The quantitative estimate of drug-likeness (QED) is 0.412. The predicted molar refractivity (Wildman–Crippen MR) is 128 cm³/mol. The molecule has 174 valence electrons. The van der Waals surface area contributed by atoms with Crippen LogP contribution in [-0.2, 0) is 22.6 Å². The Labute approximate surface area is 195 Å². The highest BCUT2D eigenvalue weighted by molar-refractivity contribution is 5.85. The minimum atomic E-state index is -0.207. The third-order valence-corrected chi connectivity index (χ3v) is 5.16. The van der Waals surface area contributed by atoms with Gasteiger partial charge in [0.15, 0.2) is 6.61 Å². The van der Waals surface area contributed by atoms with Crippen molar-refractivity contribution in [1.29, 1.82) is 0 Å². The molecule has 0 saturated carbocycles. The first-order chi connectivity index (χ1) is 16.0. The number of hydrogen-bond donors (Lipinski definition) is 0. The highest BCUT2D eigenvalue weighted by Crippen LogP contribution is 2.12. The number of furan rings is 1. The van der Waals surface area contributed by atoms with Gasteiger partial charge in [0, 0.05) is 13.1 Å². The summed E-state index contributed by atoms with van der Waals surface area (Å²) in [6.45, 7) is 5.33. The van der Waals surface area contributed by atoms with E-state index in [9.17, 15) is 9.59 Å². The van der Waals surface area contributed by atoms with E-state index in [-0.39, 0.29) is 30.9 Å². The Kier molecular flexibility index (Phi) is 9.12. The van der Waals surface area contributed by atoms with E-state index in [2.05, 4.69) is 0 Å². The van der Waals surface area contributed by atoms with Gasteiger partial charge in [-0.3, -0.25) is 9.59 Å². The van der Waals surface area contributed by atoms with Gasteiger partial charge in [-0.05, 0) is 42.2 Å². The zero-order chi connectivity index (χ0) is 23.5. The lowest BCUT2D eigenvalue weighted by Gasteiger charge is -2.28. The first-order valence-corrected chi connectivity index (χ1v) is 11.3. The number of carbonyl (C=O) groups is 2. The van der Waals surface area contributed by atoms with Crippen molar-refractivity contribution in [1.82, 2.24) is 9.80 Å². The summed E-state index contributed by atoms with van der Waals surface area (Å²) >= 11 is 0. The summed E-state index contributed by atoms with van der Waals surface area (Å²) in [6.07, 6.45) is 2.33. The molecule has 6 heteroatoms. The van der Waals surface area contributed by atoms with Gasteiger partial charge in [0.1, 0.15) is 11.5 Å². The van der Waals surface area contributed by atoms with Crippen LogP contribution < -0.4 is 4.74 Å². The van der Waals surface area contributed by atoms with Gasteiger partial charge in [0.25, 0.3) is 5.91 Å². The zero-order valence-electron chi connectivity index (χ0n) is 19.4. The molecule has 2 aromatic carbocycles. The highest BCUT2D eigenvalue weighted by atomic mass is 16.5. The van der Waals surface area contributed by atoms with E-state index in [0.29, 0.717) is 31.1 Å². The number of rotatable bonds is 12. The minimum absolute atomic E-state index is 0.00462. The van der Waals surface area contributed by atoms with Crippen LogP contribution >= 0.6 is 0 Å². The molecule has 33 heavy (non-hydrogen) atoms. The smallest absolute Gasteiger partial charge is 0.260 e. The average molecular weight is 449 g/mol. The van der Waals surface area contributed by atoms with E-state index in [1.165, 1.54) is 0 Å². The Morgan fingerprint density at radius 3 is 2.21 bits per heavy atom. The van der Waals surface area contributed by atoms with E-state index in [4.69, 9.17) is 9.15 Å². The number of carbonyl (C=O) groups excluding carboxylic acids is 2. The van der Waals surface area contributed by atoms with Crippen LogP contribution in [0, 0.1) is 5.92 Å². The van der Waals surface area contributed by atoms with Crippen LogP contribution in [0.1, 0.15) is 25.2 Å². The van der Waals surface area contributed by atoms with Crippen molar-refractivity contribution in [2.75, 3.05) is 26.2 Å². The number of para-hydroxylation sites is 1. The molecule has 0 aliphatic carbocycles. The standard InChI is InChI=1S/C27H32N2O4/c1-22(2)18-29(27(31)21-33-24-12-7-4-8-13-24)20-26(30)28(19-25-14-9-17-32-25)16-15-23-10-5-3-6-11-23/h3-14,17,22H,15-16,18-21H2,1-2H3. The molecule has 1 aromatic heterocycles. The van der Waals surface area contributed by atoms with Gasteiger partial charge in [-0.15, -0.1) is 0 Å². The summed E-state index contributed by atoms with van der Waals surface area (Å²) in [5.74, 6) is 1.24. The molecule has 0 spiro atoms. The van der Waals surface area contributed by atoms with Gasteiger partial charge >= 0.3 is 0 Å². The summed E-state index contributed by atoms with van der Waals surface area (Å²) in [7, 11) is 0. The van der Waals surface area contributed by atoms with Crippen molar-refractivity contribution in [2.45, 2.75) is 26.8 Å². The van der Waals surface area contributed by atoms with Crippen LogP contribution in [-0.4, -0.2) is 47.9 Å². The third kappa shape index (κ3) is 8.15. The van der Waals surface area contributed by atoms with Crippen LogP contribution in [0.5, 0.6) is 5.75 Å². The van der Waals surface area contributed by atoms with Crippen molar-refractivity contribution < 1.29 is 18.7 Å². The molecule has 0 N–H and O–H groups in total. The normalized spacial score (nSPS) is 10.8. The Bertz CT molecular complexity index is 972. The molecular formula is C27H32N2O4. The fraction of sp³-hybridized carbons (Fsp3) is 0.333. The van der Waals surface area contributed by atoms with E-state index in [1.54, 1.807) is 28.2 Å². The molecule has 1 heterocycles. The maximum Gasteiger partial charge on any atom is 0.260 e. The second-order valence-corrected chi connectivity index (χ2v) is 8.40. The second kappa shape index (κ2) is 12.5. The monoisotopic (exact) mass is 448 g/mol. The van der Waals surface area contributed by atoms with Gasteiger partial charge < -0.3 is 19.0 Å². The Hall–Kier alpha value is -3.54. The first-order valence-electron chi connectivity index (χ1n) is 11.3. The number of benzene rings is 2. The largest absolute Gasteiger partial charge is 0.484 e. The van der Waals surface area contributed by atoms with Crippen LogP contribution in [0.15, 0.2) is 83.5 Å². The van der Waals surface area contributed by atoms with Gasteiger partial charge in [-0.1, -0.05) is 62.4 Å². The van der Waals surface area contributed by atoms with Crippen LogP contribution in [0.2, 0.25) is 0 Å². The Morgan fingerprint density at radius 2 is 1.58 bits per heavy atom. The summed E-state index contributed by atoms with van der Waals surface area (Å²) in [4.78, 5) is 29.6. The van der Waals surface area contributed by atoms with Crippen molar-refractivity contribution in [3.8, 4) is 5.75 Å². The maximum atomic E-state index is 13.3. The summed E-state index contributed by atoms with van der Waals surface area (Å²) in [5, 5.41) is 0. The SMILES string of the molecule is CC(C)CN(CC(=O)N(CCc1ccccc1)Cc1ccco1)C(=O)COc1ccccc1. The zero-order valence-corrected chi connectivity index (χ0v) is 19.4. The molecule has 0 fully saturated rings. The second-order valence-electron chi connectivity index (χ2n) is 8.40. The minimum Gasteiger partial charge on any atom is -0.484 e. The van der Waals surface area contributed by atoms with Crippen LogP contribution in [0.4, 0.5) is 0 Å². The topological polar surface area (TPSA) is 63.0 Å². The van der Waals surface area contributed by atoms with Gasteiger partial charge in [-0.2, -0.15) is 0 Å². The van der Waals surface area contributed by atoms with Crippen LogP contribution in [0.3, 0.4) is 0 Å². The Balaban J connectivity index is 1.66. The van der Waals surface area contributed by atoms with E-state index < -0.39 is 0 Å². The van der Waals surface area contributed by atoms with Crippen molar-refractivity contribution in [2.24, 2.45) is 5.92 Å². The first kappa shape index (κ1) is 24.1. The lowest BCUT2D eigenvalue weighted by Crippen LogP contribution is -2.46. The lowest BCUT2D eigenvalue weighted by atomic mass is 10.1. The molecule has 0 aliphatic rings. The summed E-state index contributed by atoms with van der Waals surface area (Å²) in [6, 6.07) is 22.9. The van der Waals surface area contributed by atoms with Crippen LogP contribution in [0.25, 0.3) is 0 Å². The highest BCUT2D eigenvalue weighted by Gasteiger charge is 2.23. The van der Waals surface area contributed by atoms with E-state index >= 15 is 0 Å². The van der Waals surface area contributed by atoms with Crippen molar-refractivity contribution in [3.05, 3.63) is 90.4 Å². The van der Waals surface area contributed by atoms with Crippen molar-refractivity contribution >= 4 is 11.8 Å². The fourth-order valence-corrected chi connectivity index (χ4v) is 3.50. The maximum absolute atomic E-state index is 13.3. The molecule has 0 saturated heterocycles. The predicted octanol–water partition coefficient (Wildman–Crippen LogP) is 4.41. The molecule has 2 amide bonds. The van der Waals surface area contributed by atoms with Gasteiger partial charge in [0.2, 0.25) is 5.91 Å². The fourth-order valence-electron chi connectivity index (χ4n) is 3.50. The molecule has 0 radical (unpaired) electrons. The average Bonchev–Trinajstić information content (AvgIpc) is 3.34. The Morgan fingerprint density at radius 1 is 0.879 bits per heavy atom. The molecule has 0 bridgehead atoms. The van der Waals surface area contributed by atoms with Crippen molar-refractivity contribution in [3.63, 3.8) is 0 Å². The van der Waals surface area contributed by atoms with Gasteiger partial charge in [-0.25, -0.2) is 0 Å². The lowest BCUT2D eigenvalue weighted by molar-refractivity contribution is -0.142. The molecule has 0 aliphatic heterocycles. The van der Waals surface area contributed by atoms with E-state index in [1.807, 2.05) is 74.5 Å². The molecule has 0 atom stereocenters. The molecule has 3 rings (SSSR count). The number of amides is 2. The van der Waals surface area contributed by atoms with E-state index in [0.717, 1.165) is 12.0 Å². The number of nitrogens with zero attached hydrogens (tertiary/aromatic N) is 2. The van der Waals surface area contributed by atoms with Gasteiger partial charge in [0.05, 0.1) is 19.4 Å². The number of hydrogen-bond acceptors (Lipinski definition) is 4. The molecule has 6 nitrogen and oxygen atoms in total. The molecule has 3 aromatic rings. The third-order valence-electron chi connectivity index (χ3n) is 5.16. The molecular weight excluding hydrogens is 416 g/mol. The summed E-state index contributed by atoms with van der Waals surface area (Å²) < 4.78 is 11.1. The number of ether oxygens (including phenoxy) is 1. The molecule has 0 unspecified atom stereocenters.